The normalized spacial score (nSPS) is 28.1. The summed E-state index contributed by atoms with van der Waals surface area (Å²) in [7, 11) is 0. The standard InChI is InChI=1S/C16H25FN2/c1-11-8-9-19(10-12(11)2)16(13(3)18)14-4-6-15(17)7-5-14/h4-7,11-13,16H,8-10,18H2,1-3H3. The molecule has 0 aliphatic carbocycles. The van der Waals surface area contributed by atoms with Crippen molar-refractivity contribution in [2.45, 2.75) is 39.3 Å². The highest BCUT2D eigenvalue weighted by molar-refractivity contribution is 5.21. The largest absolute Gasteiger partial charge is 0.326 e. The molecule has 4 atom stereocenters. The van der Waals surface area contributed by atoms with Gasteiger partial charge in [0.2, 0.25) is 0 Å². The van der Waals surface area contributed by atoms with Gasteiger partial charge in [0, 0.05) is 18.6 Å². The van der Waals surface area contributed by atoms with Crippen LogP contribution in [0.3, 0.4) is 0 Å². The average molecular weight is 264 g/mol. The second kappa shape index (κ2) is 6.02. The molecule has 19 heavy (non-hydrogen) atoms. The molecule has 0 bridgehead atoms. The first-order chi connectivity index (χ1) is 8.99. The molecule has 2 nitrogen and oxygen atoms in total. The minimum Gasteiger partial charge on any atom is -0.326 e. The molecule has 0 aromatic heterocycles. The fraction of sp³-hybridized carbons (Fsp3) is 0.625. The number of nitrogens with two attached hydrogens (primary N) is 1. The predicted molar refractivity (Wildman–Crippen MR) is 77.3 cm³/mol. The molecule has 4 unspecified atom stereocenters. The lowest BCUT2D eigenvalue weighted by molar-refractivity contribution is 0.0851. The van der Waals surface area contributed by atoms with Crippen molar-refractivity contribution in [3.8, 4) is 0 Å². The van der Waals surface area contributed by atoms with Gasteiger partial charge in [-0.1, -0.05) is 26.0 Å². The summed E-state index contributed by atoms with van der Waals surface area (Å²) >= 11 is 0. The van der Waals surface area contributed by atoms with Gasteiger partial charge >= 0.3 is 0 Å². The van der Waals surface area contributed by atoms with Crippen molar-refractivity contribution < 1.29 is 4.39 Å². The first-order valence-electron chi connectivity index (χ1n) is 7.24. The van der Waals surface area contributed by atoms with E-state index in [2.05, 4.69) is 18.7 Å². The van der Waals surface area contributed by atoms with Crippen LogP contribution in [-0.4, -0.2) is 24.0 Å². The molecule has 0 saturated carbocycles. The summed E-state index contributed by atoms with van der Waals surface area (Å²) in [6, 6.07) is 7.03. The highest BCUT2D eigenvalue weighted by atomic mass is 19.1. The van der Waals surface area contributed by atoms with Gasteiger partial charge in [-0.2, -0.15) is 0 Å². The van der Waals surface area contributed by atoms with E-state index in [1.54, 1.807) is 0 Å². The number of hydrogen-bond acceptors (Lipinski definition) is 2. The molecule has 1 aliphatic heterocycles. The van der Waals surface area contributed by atoms with Gasteiger partial charge in [-0.15, -0.1) is 0 Å². The number of rotatable bonds is 3. The highest BCUT2D eigenvalue weighted by Gasteiger charge is 2.30. The Bertz CT molecular complexity index is 402. The minimum atomic E-state index is -0.187. The van der Waals surface area contributed by atoms with Crippen molar-refractivity contribution in [1.82, 2.24) is 4.90 Å². The molecule has 1 aromatic carbocycles. The monoisotopic (exact) mass is 264 g/mol. The van der Waals surface area contributed by atoms with E-state index in [0.717, 1.165) is 24.6 Å². The second-order valence-corrected chi connectivity index (χ2v) is 6.09. The molecule has 1 heterocycles. The molecule has 2 N–H and O–H groups in total. The molecule has 1 aromatic rings. The maximum Gasteiger partial charge on any atom is 0.123 e. The molecule has 0 radical (unpaired) electrons. The van der Waals surface area contributed by atoms with Crippen LogP contribution in [0.4, 0.5) is 4.39 Å². The van der Waals surface area contributed by atoms with E-state index in [9.17, 15) is 4.39 Å². The van der Waals surface area contributed by atoms with Gasteiger partial charge in [0.05, 0.1) is 0 Å². The minimum absolute atomic E-state index is 0.0473. The van der Waals surface area contributed by atoms with E-state index in [0.29, 0.717) is 5.92 Å². The van der Waals surface area contributed by atoms with E-state index >= 15 is 0 Å². The zero-order chi connectivity index (χ0) is 14.0. The molecule has 0 spiro atoms. The fourth-order valence-electron chi connectivity index (χ4n) is 3.05. The molecule has 1 saturated heterocycles. The van der Waals surface area contributed by atoms with Crippen molar-refractivity contribution in [2.75, 3.05) is 13.1 Å². The van der Waals surface area contributed by atoms with Crippen LogP contribution >= 0.6 is 0 Å². The third-order valence-electron chi connectivity index (χ3n) is 4.47. The van der Waals surface area contributed by atoms with E-state index in [1.807, 2.05) is 19.1 Å². The van der Waals surface area contributed by atoms with Crippen molar-refractivity contribution in [1.29, 1.82) is 0 Å². The summed E-state index contributed by atoms with van der Waals surface area (Å²) in [5, 5.41) is 0. The maximum absolute atomic E-state index is 13.1. The molecule has 2 rings (SSSR count). The van der Waals surface area contributed by atoms with Crippen molar-refractivity contribution >= 4 is 0 Å². The lowest BCUT2D eigenvalue weighted by Gasteiger charge is -2.42. The Morgan fingerprint density at radius 2 is 1.84 bits per heavy atom. The summed E-state index contributed by atoms with van der Waals surface area (Å²) in [4.78, 5) is 2.46. The molecule has 0 amide bonds. The van der Waals surface area contributed by atoms with Gasteiger partial charge in [-0.3, -0.25) is 4.90 Å². The quantitative estimate of drug-likeness (QED) is 0.908. The number of piperidine rings is 1. The fourth-order valence-corrected chi connectivity index (χ4v) is 3.05. The third-order valence-corrected chi connectivity index (χ3v) is 4.47. The second-order valence-electron chi connectivity index (χ2n) is 6.09. The Morgan fingerprint density at radius 3 is 2.37 bits per heavy atom. The van der Waals surface area contributed by atoms with Crippen LogP contribution in [0.15, 0.2) is 24.3 Å². The van der Waals surface area contributed by atoms with E-state index in [4.69, 9.17) is 5.73 Å². The van der Waals surface area contributed by atoms with E-state index in [-0.39, 0.29) is 17.9 Å². The zero-order valence-corrected chi connectivity index (χ0v) is 12.1. The van der Waals surface area contributed by atoms with Gasteiger partial charge in [0.1, 0.15) is 5.82 Å². The predicted octanol–water partition coefficient (Wildman–Crippen LogP) is 3.19. The maximum atomic E-state index is 13.1. The SMILES string of the molecule is CC(N)C(c1ccc(F)cc1)N1CCC(C)C(C)C1. The van der Waals surface area contributed by atoms with Crippen molar-refractivity contribution in [3.05, 3.63) is 35.6 Å². The van der Waals surface area contributed by atoms with Crippen LogP contribution in [0.2, 0.25) is 0 Å². The van der Waals surface area contributed by atoms with Gasteiger partial charge in [-0.25, -0.2) is 4.39 Å². The summed E-state index contributed by atoms with van der Waals surface area (Å²) in [5.74, 6) is 1.28. The van der Waals surface area contributed by atoms with Crippen LogP contribution in [0.25, 0.3) is 0 Å². The molecule has 1 aliphatic rings. The smallest absolute Gasteiger partial charge is 0.123 e. The topological polar surface area (TPSA) is 29.3 Å². The van der Waals surface area contributed by atoms with Gasteiger partial charge in [0.15, 0.2) is 0 Å². The number of nitrogens with zero attached hydrogens (tertiary/aromatic N) is 1. The van der Waals surface area contributed by atoms with Gasteiger partial charge in [0.25, 0.3) is 0 Å². The summed E-state index contributed by atoms with van der Waals surface area (Å²) in [5.41, 5.74) is 7.31. The Labute approximate surface area is 115 Å². The first-order valence-corrected chi connectivity index (χ1v) is 7.24. The lowest BCUT2D eigenvalue weighted by atomic mass is 9.86. The van der Waals surface area contributed by atoms with Crippen molar-refractivity contribution in [3.63, 3.8) is 0 Å². The van der Waals surface area contributed by atoms with Crippen LogP contribution in [0.1, 0.15) is 38.8 Å². The Balaban J connectivity index is 2.18. The Hall–Kier alpha value is -0.930. The third kappa shape index (κ3) is 3.34. The van der Waals surface area contributed by atoms with E-state index < -0.39 is 0 Å². The van der Waals surface area contributed by atoms with Crippen LogP contribution < -0.4 is 5.73 Å². The van der Waals surface area contributed by atoms with Gasteiger partial charge < -0.3 is 5.73 Å². The number of halogens is 1. The molecule has 1 fully saturated rings. The molecular formula is C16H25FN2. The molecule has 106 valence electrons. The number of hydrogen-bond donors (Lipinski definition) is 1. The number of likely N-dealkylation sites (tertiary alicyclic amines) is 1. The number of benzene rings is 1. The first kappa shape index (κ1) is 14.5. The van der Waals surface area contributed by atoms with Gasteiger partial charge in [-0.05, 0) is 49.4 Å². The zero-order valence-electron chi connectivity index (χ0n) is 12.1. The highest BCUT2D eigenvalue weighted by Crippen LogP contribution is 2.31. The van der Waals surface area contributed by atoms with Crippen molar-refractivity contribution in [2.24, 2.45) is 17.6 Å². The lowest BCUT2D eigenvalue weighted by Crippen LogP contribution is -2.46. The average Bonchev–Trinajstić information content (AvgIpc) is 2.36. The Kier molecular flexibility index (Phi) is 4.58. The molecular weight excluding hydrogens is 239 g/mol. The Morgan fingerprint density at radius 1 is 1.21 bits per heavy atom. The van der Waals surface area contributed by atoms with E-state index in [1.165, 1.54) is 18.6 Å². The summed E-state index contributed by atoms with van der Waals surface area (Å²) < 4.78 is 13.1. The molecule has 3 heteroatoms. The summed E-state index contributed by atoms with van der Waals surface area (Å²) in [6.07, 6.45) is 1.21. The summed E-state index contributed by atoms with van der Waals surface area (Å²) in [6.45, 7) is 8.82. The van der Waals surface area contributed by atoms with Crippen LogP contribution in [0.5, 0.6) is 0 Å². The van der Waals surface area contributed by atoms with Crippen LogP contribution in [-0.2, 0) is 0 Å². The van der Waals surface area contributed by atoms with Crippen LogP contribution in [0, 0.1) is 17.7 Å².